The smallest absolute Gasteiger partial charge is 0.0935 e. The van der Waals surface area contributed by atoms with Gasteiger partial charge in [0, 0.05) is 25.2 Å². The molecule has 15 heavy (non-hydrogen) atoms. The molecule has 0 spiro atoms. The molecule has 2 aromatic heterocycles. The van der Waals surface area contributed by atoms with Crippen molar-refractivity contribution >= 4 is 0 Å². The first-order valence-corrected chi connectivity index (χ1v) is 4.92. The summed E-state index contributed by atoms with van der Waals surface area (Å²) in [5.74, 6) is 0. The number of nitrogens with zero attached hydrogens (tertiary/aromatic N) is 1. The van der Waals surface area contributed by atoms with Gasteiger partial charge in [-0.2, -0.15) is 0 Å². The van der Waals surface area contributed by atoms with Gasteiger partial charge in [-0.3, -0.25) is 4.98 Å². The highest BCUT2D eigenvalue weighted by molar-refractivity contribution is 5.12. The molecule has 0 aliphatic carbocycles. The van der Waals surface area contributed by atoms with Gasteiger partial charge in [0.1, 0.15) is 0 Å². The van der Waals surface area contributed by atoms with Crippen LogP contribution < -0.4 is 0 Å². The van der Waals surface area contributed by atoms with Crippen LogP contribution in [-0.4, -0.2) is 16.2 Å². The first-order chi connectivity index (χ1) is 7.34. The molecule has 1 unspecified atom stereocenters. The fourth-order valence-electron chi connectivity index (χ4n) is 1.54. The first kappa shape index (κ1) is 9.93. The number of rotatable bonds is 4. The van der Waals surface area contributed by atoms with E-state index >= 15 is 0 Å². The highest BCUT2D eigenvalue weighted by atomic mass is 16.3. The number of hydrogen-bond donors (Lipinski definition) is 1. The van der Waals surface area contributed by atoms with Crippen LogP contribution in [0, 0.1) is 0 Å². The Bertz CT molecular complexity index is 383. The Morgan fingerprint density at radius 3 is 2.80 bits per heavy atom. The molecule has 3 nitrogen and oxygen atoms in total. The lowest BCUT2D eigenvalue weighted by Crippen LogP contribution is -2.13. The lowest BCUT2D eigenvalue weighted by Gasteiger charge is -2.08. The van der Waals surface area contributed by atoms with Crippen LogP contribution in [0.25, 0.3) is 0 Å². The number of aliphatic hydroxyl groups is 1. The van der Waals surface area contributed by atoms with E-state index in [1.807, 2.05) is 18.2 Å². The van der Waals surface area contributed by atoms with Crippen molar-refractivity contribution in [2.75, 3.05) is 0 Å². The van der Waals surface area contributed by atoms with E-state index in [1.165, 1.54) is 0 Å². The van der Waals surface area contributed by atoms with Crippen LogP contribution >= 0.6 is 0 Å². The Labute approximate surface area is 88.4 Å². The molecule has 0 aliphatic rings. The summed E-state index contributed by atoms with van der Waals surface area (Å²) in [4.78, 5) is 4.01. The maximum atomic E-state index is 9.80. The number of furan rings is 1. The van der Waals surface area contributed by atoms with E-state index in [0.29, 0.717) is 12.8 Å². The molecule has 1 atom stereocenters. The summed E-state index contributed by atoms with van der Waals surface area (Å²) in [7, 11) is 0. The van der Waals surface area contributed by atoms with Gasteiger partial charge < -0.3 is 9.52 Å². The van der Waals surface area contributed by atoms with Gasteiger partial charge in [0.2, 0.25) is 0 Å². The van der Waals surface area contributed by atoms with E-state index in [9.17, 15) is 5.11 Å². The van der Waals surface area contributed by atoms with Gasteiger partial charge in [-0.15, -0.1) is 0 Å². The van der Waals surface area contributed by atoms with Crippen molar-refractivity contribution in [3.63, 3.8) is 0 Å². The van der Waals surface area contributed by atoms with E-state index in [2.05, 4.69) is 4.98 Å². The van der Waals surface area contributed by atoms with Crippen molar-refractivity contribution < 1.29 is 9.52 Å². The van der Waals surface area contributed by atoms with Gasteiger partial charge in [-0.05, 0) is 23.3 Å². The van der Waals surface area contributed by atoms with Crippen LogP contribution in [0.1, 0.15) is 11.1 Å². The molecule has 0 fully saturated rings. The lowest BCUT2D eigenvalue weighted by molar-refractivity contribution is 0.175. The minimum atomic E-state index is -0.383. The number of aromatic nitrogens is 1. The average molecular weight is 203 g/mol. The molecular formula is C12H13NO2. The molecule has 0 radical (unpaired) electrons. The maximum absolute atomic E-state index is 9.80. The molecule has 2 rings (SSSR count). The molecular weight excluding hydrogens is 190 g/mol. The van der Waals surface area contributed by atoms with E-state index in [4.69, 9.17) is 4.42 Å². The number of aliphatic hydroxyl groups excluding tert-OH is 1. The Morgan fingerprint density at radius 1 is 1.27 bits per heavy atom. The third kappa shape index (κ3) is 2.92. The minimum absolute atomic E-state index is 0.383. The molecule has 0 bridgehead atoms. The predicted octanol–water partition coefficient (Wildman–Crippen LogP) is 1.82. The molecule has 0 amide bonds. The zero-order chi connectivity index (χ0) is 10.5. The monoisotopic (exact) mass is 203 g/mol. The van der Waals surface area contributed by atoms with Crippen LogP contribution in [0.15, 0.2) is 47.5 Å². The van der Waals surface area contributed by atoms with Crippen molar-refractivity contribution in [3.8, 4) is 0 Å². The summed E-state index contributed by atoms with van der Waals surface area (Å²) in [6, 6.07) is 5.71. The van der Waals surface area contributed by atoms with Gasteiger partial charge in [-0.1, -0.05) is 6.07 Å². The van der Waals surface area contributed by atoms with Crippen molar-refractivity contribution in [1.82, 2.24) is 4.98 Å². The Balaban J connectivity index is 1.90. The average Bonchev–Trinajstić information content (AvgIpc) is 2.71. The number of pyridine rings is 1. The molecule has 0 aromatic carbocycles. The summed E-state index contributed by atoms with van der Waals surface area (Å²) in [6.45, 7) is 0. The van der Waals surface area contributed by atoms with E-state index in [0.717, 1.165) is 11.1 Å². The van der Waals surface area contributed by atoms with E-state index < -0.39 is 0 Å². The Kier molecular flexibility index (Phi) is 3.15. The molecule has 2 aromatic rings. The Morgan fingerprint density at radius 2 is 2.13 bits per heavy atom. The first-order valence-electron chi connectivity index (χ1n) is 4.92. The maximum Gasteiger partial charge on any atom is 0.0935 e. The standard InChI is InChI=1S/C12H13NO2/c14-12(7-11-3-5-15-9-11)6-10-2-1-4-13-8-10/h1-5,8-9,12,14H,6-7H2. The quantitative estimate of drug-likeness (QED) is 0.824. The topological polar surface area (TPSA) is 46.3 Å². The molecule has 0 saturated carbocycles. The molecule has 78 valence electrons. The number of hydrogen-bond acceptors (Lipinski definition) is 3. The van der Waals surface area contributed by atoms with Crippen LogP contribution in [0.3, 0.4) is 0 Å². The zero-order valence-electron chi connectivity index (χ0n) is 8.34. The summed E-state index contributed by atoms with van der Waals surface area (Å²) in [5, 5.41) is 9.80. The van der Waals surface area contributed by atoms with Gasteiger partial charge >= 0.3 is 0 Å². The summed E-state index contributed by atoms with van der Waals surface area (Å²) >= 11 is 0. The van der Waals surface area contributed by atoms with Gasteiger partial charge in [0.05, 0.1) is 18.6 Å². The normalized spacial score (nSPS) is 12.6. The van der Waals surface area contributed by atoms with Crippen molar-refractivity contribution in [1.29, 1.82) is 0 Å². The molecule has 2 heterocycles. The summed E-state index contributed by atoms with van der Waals surface area (Å²) < 4.78 is 4.94. The Hall–Kier alpha value is -1.61. The highest BCUT2D eigenvalue weighted by Crippen LogP contribution is 2.08. The molecule has 0 aliphatic heterocycles. The van der Waals surface area contributed by atoms with Crippen molar-refractivity contribution in [2.45, 2.75) is 18.9 Å². The van der Waals surface area contributed by atoms with E-state index in [-0.39, 0.29) is 6.10 Å². The third-order valence-electron chi connectivity index (χ3n) is 2.25. The largest absolute Gasteiger partial charge is 0.472 e. The highest BCUT2D eigenvalue weighted by Gasteiger charge is 2.07. The lowest BCUT2D eigenvalue weighted by atomic mass is 10.0. The fourth-order valence-corrected chi connectivity index (χ4v) is 1.54. The molecule has 0 saturated heterocycles. The second kappa shape index (κ2) is 4.75. The summed E-state index contributed by atoms with van der Waals surface area (Å²) in [6.07, 6.45) is 7.64. The second-order valence-corrected chi connectivity index (χ2v) is 3.55. The van der Waals surface area contributed by atoms with Crippen molar-refractivity contribution in [3.05, 3.63) is 54.2 Å². The third-order valence-corrected chi connectivity index (χ3v) is 2.25. The second-order valence-electron chi connectivity index (χ2n) is 3.55. The summed E-state index contributed by atoms with van der Waals surface area (Å²) in [5.41, 5.74) is 2.07. The molecule has 3 heteroatoms. The van der Waals surface area contributed by atoms with Crippen LogP contribution in [0.5, 0.6) is 0 Å². The van der Waals surface area contributed by atoms with Crippen LogP contribution in [0.4, 0.5) is 0 Å². The van der Waals surface area contributed by atoms with Gasteiger partial charge in [0.15, 0.2) is 0 Å². The van der Waals surface area contributed by atoms with Crippen LogP contribution in [0.2, 0.25) is 0 Å². The van der Waals surface area contributed by atoms with Crippen LogP contribution in [-0.2, 0) is 12.8 Å². The van der Waals surface area contributed by atoms with Gasteiger partial charge in [0.25, 0.3) is 0 Å². The predicted molar refractivity (Wildman–Crippen MR) is 56.4 cm³/mol. The molecule has 1 N–H and O–H groups in total. The van der Waals surface area contributed by atoms with Crippen molar-refractivity contribution in [2.24, 2.45) is 0 Å². The van der Waals surface area contributed by atoms with E-state index in [1.54, 1.807) is 24.9 Å². The SMILES string of the molecule is OC(Cc1cccnc1)Cc1ccoc1. The fraction of sp³-hybridized carbons (Fsp3) is 0.250. The minimum Gasteiger partial charge on any atom is -0.472 e. The zero-order valence-corrected chi connectivity index (χ0v) is 8.34. The van der Waals surface area contributed by atoms with Gasteiger partial charge in [-0.25, -0.2) is 0 Å².